The second-order valence-corrected chi connectivity index (χ2v) is 10.6. The molecule has 4 heterocycles. The molecule has 4 rings (SSSR count). The molecule has 0 radical (unpaired) electrons. The predicted octanol–water partition coefficient (Wildman–Crippen LogP) is 2.05. The van der Waals surface area contributed by atoms with Gasteiger partial charge in [-0.2, -0.15) is 5.26 Å². The summed E-state index contributed by atoms with van der Waals surface area (Å²) in [5.41, 5.74) is 2.14. The highest BCUT2D eigenvalue weighted by Gasteiger charge is 2.20. The Kier molecular flexibility index (Phi) is 7.09. The molecule has 0 spiro atoms. The molecule has 0 unspecified atom stereocenters. The second-order valence-electron chi connectivity index (χ2n) is 8.29. The Balaban J connectivity index is 1.61. The zero-order chi connectivity index (χ0) is 24.1. The summed E-state index contributed by atoms with van der Waals surface area (Å²) in [7, 11) is -3.08. The van der Waals surface area contributed by atoms with Crippen molar-refractivity contribution in [3.63, 3.8) is 0 Å². The summed E-state index contributed by atoms with van der Waals surface area (Å²) in [6.45, 7) is 1.55. The van der Waals surface area contributed by atoms with Crippen molar-refractivity contribution in [1.82, 2.24) is 19.9 Å². The van der Waals surface area contributed by atoms with Crippen LogP contribution in [0.25, 0.3) is 16.9 Å². The zero-order valence-corrected chi connectivity index (χ0v) is 19.6. The summed E-state index contributed by atoms with van der Waals surface area (Å²) in [6.07, 6.45) is 8.00. The van der Waals surface area contributed by atoms with Crippen molar-refractivity contribution in [2.24, 2.45) is 0 Å². The van der Waals surface area contributed by atoms with Crippen LogP contribution in [0.2, 0.25) is 0 Å². The molecule has 0 aromatic carbocycles. The highest BCUT2D eigenvalue weighted by Crippen LogP contribution is 2.25. The van der Waals surface area contributed by atoms with Crippen LogP contribution in [-0.2, 0) is 14.6 Å². The van der Waals surface area contributed by atoms with Crippen molar-refractivity contribution in [2.75, 3.05) is 37.1 Å². The van der Waals surface area contributed by atoms with E-state index in [2.05, 4.69) is 26.7 Å². The monoisotopic (exact) mass is 482 g/mol. The largest absolute Gasteiger partial charge is 0.381 e. The van der Waals surface area contributed by atoms with Gasteiger partial charge in [-0.25, -0.2) is 18.4 Å². The standard InChI is InChI=1S/C23H26N6O4S/c1-34(31,32)10-2-6-25-23(30)19-15-26-21(12-20(19)28-18-4-8-33-9-5-18)29-7-3-17-11-16(13-24)14-27-22(17)29/h3,7,11-12,14-15,18H,2,4-6,8-10H2,1H3,(H,25,30)(H,26,28). The molecule has 3 aromatic rings. The molecule has 34 heavy (non-hydrogen) atoms. The number of carbonyl (C=O) groups excluding carboxylic acids is 1. The van der Waals surface area contributed by atoms with E-state index in [0.29, 0.717) is 47.9 Å². The molecule has 0 atom stereocenters. The summed E-state index contributed by atoms with van der Waals surface area (Å²) < 4.78 is 29.9. The van der Waals surface area contributed by atoms with Crippen LogP contribution in [0.3, 0.4) is 0 Å². The van der Waals surface area contributed by atoms with Crippen molar-refractivity contribution in [1.29, 1.82) is 5.26 Å². The maximum atomic E-state index is 12.9. The maximum Gasteiger partial charge on any atom is 0.254 e. The number of amides is 1. The van der Waals surface area contributed by atoms with Gasteiger partial charge in [0.25, 0.3) is 5.91 Å². The second kappa shape index (κ2) is 10.2. The number of anilines is 1. The number of hydrogen-bond donors (Lipinski definition) is 2. The van der Waals surface area contributed by atoms with Crippen LogP contribution in [0.4, 0.5) is 5.69 Å². The summed E-state index contributed by atoms with van der Waals surface area (Å²) in [5.74, 6) is 0.269. The number of rotatable bonds is 8. The van der Waals surface area contributed by atoms with Gasteiger partial charge in [0.2, 0.25) is 0 Å². The Bertz CT molecular complexity index is 1340. The van der Waals surface area contributed by atoms with Crippen LogP contribution in [0.15, 0.2) is 36.8 Å². The Hall–Kier alpha value is -3.49. The molecule has 1 saturated heterocycles. The highest BCUT2D eigenvalue weighted by atomic mass is 32.2. The first-order chi connectivity index (χ1) is 16.3. The van der Waals surface area contributed by atoms with Crippen LogP contribution in [0.1, 0.15) is 35.2 Å². The van der Waals surface area contributed by atoms with Crippen LogP contribution in [0.5, 0.6) is 0 Å². The van der Waals surface area contributed by atoms with Crippen molar-refractivity contribution in [3.8, 4) is 11.9 Å². The molecule has 0 aliphatic carbocycles. The number of fused-ring (bicyclic) bond motifs is 1. The lowest BCUT2D eigenvalue weighted by Gasteiger charge is -2.25. The molecule has 1 amide bonds. The highest BCUT2D eigenvalue weighted by molar-refractivity contribution is 7.90. The van der Waals surface area contributed by atoms with Gasteiger partial charge in [0.1, 0.15) is 27.4 Å². The molecular formula is C23H26N6O4S. The average Bonchev–Trinajstić information content (AvgIpc) is 3.25. The van der Waals surface area contributed by atoms with E-state index in [-0.39, 0.29) is 24.2 Å². The van der Waals surface area contributed by atoms with E-state index in [0.717, 1.165) is 18.2 Å². The van der Waals surface area contributed by atoms with E-state index in [9.17, 15) is 13.2 Å². The number of sulfone groups is 1. The Morgan fingerprint density at radius 1 is 1.26 bits per heavy atom. The number of carbonyl (C=O) groups is 1. The first-order valence-electron chi connectivity index (χ1n) is 11.0. The number of nitrogens with zero attached hydrogens (tertiary/aromatic N) is 4. The maximum absolute atomic E-state index is 12.9. The molecular weight excluding hydrogens is 456 g/mol. The summed E-state index contributed by atoms with van der Waals surface area (Å²) in [6, 6.07) is 7.67. The van der Waals surface area contributed by atoms with Crippen LogP contribution >= 0.6 is 0 Å². The van der Waals surface area contributed by atoms with Crippen molar-refractivity contribution < 1.29 is 17.9 Å². The fraction of sp³-hybridized carbons (Fsp3) is 0.391. The van der Waals surface area contributed by atoms with Crippen molar-refractivity contribution in [2.45, 2.75) is 25.3 Å². The van der Waals surface area contributed by atoms with Gasteiger partial charge < -0.3 is 15.4 Å². The summed E-state index contributed by atoms with van der Waals surface area (Å²) >= 11 is 0. The molecule has 178 valence electrons. The van der Waals surface area contributed by atoms with Crippen LogP contribution in [-0.4, -0.2) is 66.7 Å². The van der Waals surface area contributed by atoms with Gasteiger partial charge in [-0.3, -0.25) is 9.36 Å². The molecule has 3 aromatic heterocycles. The molecule has 1 aliphatic heterocycles. The molecule has 1 fully saturated rings. The quantitative estimate of drug-likeness (QED) is 0.465. The van der Waals surface area contributed by atoms with Crippen molar-refractivity contribution in [3.05, 3.63) is 47.9 Å². The first kappa shape index (κ1) is 23.7. The van der Waals surface area contributed by atoms with Gasteiger partial charge in [-0.1, -0.05) is 0 Å². The van der Waals surface area contributed by atoms with Gasteiger partial charge in [0.05, 0.1) is 22.6 Å². The Morgan fingerprint density at radius 2 is 2.06 bits per heavy atom. The fourth-order valence-electron chi connectivity index (χ4n) is 3.84. The van der Waals surface area contributed by atoms with E-state index in [1.54, 1.807) is 16.7 Å². The van der Waals surface area contributed by atoms with Gasteiger partial charge in [-0.15, -0.1) is 0 Å². The third-order valence-corrected chi connectivity index (χ3v) is 6.63. The minimum absolute atomic E-state index is 0.0128. The molecule has 10 nitrogen and oxygen atoms in total. The number of aromatic nitrogens is 3. The van der Waals surface area contributed by atoms with Gasteiger partial charge in [-0.05, 0) is 31.4 Å². The molecule has 0 saturated carbocycles. The SMILES string of the molecule is CS(=O)(=O)CCCNC(=O)c1cnc(-n2ccc3cc(C#N)cnc32)cc1NC1CCOCC1. The number of nitrogens with one attached hydrogen (secondary N) is 2. The van der Waals surface area contributed by atoms with Crippen LogP contribution in [0, 0.1) is 11.3 Å². The van der Waals surface area contributed by atoms with Gasteiger partial charge in [0, 0.05) is 62.1 Å². The summed E-state index contributed by atoms with van der Waals surface area (Å²) in [4.78, 5) is 21.8. The third-order valence-electron chi connectivity index (χ3n) is 5.59. The average molecular weight is 483 g/mol. The van der Waals surface area contributed by atoms with Crippen molar-refractivity contribution >= 4 is 32.5 Å². The smallest absolute Gasteiger partial charge is 0.254 e. The number of hydrogen-bond acceptors (Lipinski definition) is 8. The minimum Gasteiger partial charge on any atom is -0.381 e. The lowest BCUT2D eigenvalue weighted by molar-refractivity contribution is 0.0903. The predicted molar refractivity (Wildman–Crippen MR) is 128 cm³/mol. The van der Waals surface area contributed by atoms with E-state index < -0.39 is 9.84 Å². The first-order valence-corrected chi connectivity index (χ1v) is 13.1. The van der Waals surface area contributed by atoms with Crippen LogP contribution < -0.4 is 10.6 Å². The Labute approximate surface area is 197 Å². The topological polar surface area (TPSA) is 139 Å². The fourth-order valence-corrected chi connectivity index (χ4v) is 4.51. The lowest BCUT2D eigenvalue weighted by atomic mass is 10.1. The zero-order valence-electron chi connectivity index (χ0n) is 18.8. The van der Waals surface area contributed by atoms with Gasteiger partial charge >= 0.3 is 0 Å². The molecule has 0 bridgehead atoms. The van der Waals surface area contributed by atoms with E-state index in [4.69, 9.17) is 10.00 Å². The van der Waals surface area contributed by atoms with E-state index in [1.807, 2.05) is 12.3 Å². The minimum atomic E-state index is -3.08. The number of nitriles is 1. The number of pyridine rings is 2. The number of ether oxygens (including phenoxy) is 1. The molecule has 11 heteroatoms. The van der Waals surface area contributed by atoms with E-state index in [1.165, 1.54) is 18.6 Å². The Morgan fingerprint density at radius 3 is 2.79 bits per heavy atom. The molecule has 2 N–H and O–H groups in total. The van der Waals surface area contributed by atoms with E-state index >= 15 is 0 Å². The van der Waals surface area contributed by atoms with Gasteiger partial charge in [0.15, 0.2) is 0 Å². The molecule has 1 aliphatic rings. The summed E-state index contributed by atoms with van der Waals surface area (Å²) in [5, 5.41) is 16.2. The normalized spacial score (nSPS) is 14.6. The lowest BCUT2D eigenvalue weighted by Crippen LogP contribution is -2.31. The third kappa shape index (κ3) is 5.70.